The molecule has 0 amide bonds. The minimum absolute atomic E-state index is 0.647. The van der Waals surface area contributed by atoms with Crippen LogP contribution in [-0.4, -0.2) is 25.1 Å². The summed E-state index contributed by atoms with van der Waals surface area (Å²) in [6, 6.07) is 2.11. The molecule has 0 aliphatic heterocycles. The first-order valence-corrected chi connectivity index (χ1v) is 7.91. The normalized spacial score (nSPS) is 21.3. The molecule has 1 fully saturated rings. The standard InChI is InChI=1S/C16H26ClN3/c1-11(2)7-18-8-13-6-16(19-9-15(13)17)20(4)10-14-5-12(14)3/h6,9,11-12,14,18H,5,7-8,10H2,1-4H3. The predicted molar refractivity (Wildman–Crippen MR) is 86.3 cm³/mol. The molecule has 2 unspecified atom stereocenters. The fourth-order valence-electron chi connectivity index (χ4n) is 2.41. The van der Waals surface area contributed by atoms with Gasteiger partial charge in [0.25, 0.3) is 0 Å². The van der Waals surface area contributed by atoms with Crippen LogP contribution in [0.15, 0.2) is 12.3 Å². The van der Waals surface area contributed by atoms with Gasteiger partial charge in [0.2, 0.25) is 0 Å². The van der Waals surface area contributed by atoms with Crippen molar-refractivity contribution in [3.8, 4) is 0 Å². The van der Waals surface area contributed by atoms with E-state index in [-0.39, 0.29) is 0 Å². The van der Waals surface area contributed by atoms with Gasteiger partial charge in [-0.05, 0) is 42.3 Å². The Balaban J connectivity index is 1.96. The maximum atomic E-state index is 6.24. The van der Waals surface area contributed by atoms with Crippen LogP contribution in [-0.2, 0) is 6.54 Å². The number of hydrogen-bond acceptors (Lipinski definition) is 3. The van der Waals surface area contributed by atoms with Gasteiger partial charge in [0.1, 0.15) is 5.82 Å². The molecule has 0 radical (unpaired) electrons. The molecule has 1 saturated carbocycles. The Hall–Kier alpha value is -0.800. The Kier molecular flexibility index (Phi) is 5.28. The van der Waals surface area contributed by atoms with Crippen LogP contribution in [0.4, 0.5) is 5.82 Å². The minimum atomic E-state index is 0.647. The highest BCUT2D eigenvalue weighted by Crippen LogP contribution is 2.38. The van der Waals surface area contributed by atoms with Gasteiger partial charge in [0.15, 0.2) is 0 Å². The van der Waals surface area contributed by atoms with E-state index in [1.807, 2.05) is 0 Å². The molecule has 1 aliphatic carbocycles. The lowest BCUT2D eigenvalue weighted by Gasteiger charge is -2.19. The van der Waals surface area contributed by atoms with Crippen molar-refractivity contribution in [2.45, 2.75) is 33.7 Å². The van der Waals surface area contributed by atoms with Crippen molar-refractivity contribution >= 4 is 17.4 Å². The van der Waals surface area contributed by atoms with Crippen molar-refractivity contribution in [1.82, 2.24) is 10.3 Å². The SMILES string of the molecule is CC(C)CNCc1cc(N(C)CC2CC2C)ncc1Cl. The van der Waals surface area contributed by atoms with E-state index in [2.05, 4.69) is 49.1 Å². The highest BCUT2D eigenvalue weighted by molar-refractivity contribution is 6.31. The third kappa shape index (κ3) is 4.35. The van der Waals surface area contributed by atoms with E-state index in [1.54, 1.807) is 6.20 Å². The molecular weight excluding hydrogens is 270 g/mol. The van der Waals surface area contributed by atoms with E-state index in [0.717, 1.165) is 47.9 Å². The summed E-state index contributed by atoms with van der Waals surface area (Å²) in [6.45, 7) is 9.63. The zero-order chi connectivity index (χ0) is 14.7. The molecule has 0 saturated heterocycles. The molecule has 3 nitrogen and oxygen atoms in total. The number of anilines is 1. The molecule has 0 spiro atoms. The van der Waals surface area contributed by atoms with E-state index >= 15 is 0 Å². The van der Waals surface area contributed by atoms with Crippen LogP contribution >= 0.6 is 11.6 Å². The Morgan fingerprint density at radius 2 is 2.20 bits per heavy atom. The van der Waals surface area contributed by atoms with Crippen molar-refractivity contribution in [2.24, 2.45) is 17.8 Å². The Bertz CT molecular complexity index is 447. The average Bonchev–Trinajstić information content (AvgIpc) is 3.06. The summed E-state index contributed by atoms with van der Waals surface area (Å²) in [6.07, 6.45) is 3.12. The third-order valence-electron chi connectivity index (χ3n) is 3.96. The van der Waals surface area contributed by atoms with E-state index in [0.29, 0.717) is 5.92 Å². The number of aromatic nitrogens is 1. The summed E-state index contributed by atoms with van der Waals surface area (Å²) in [7, 11) is 2.12. The second-order valence-electron chi connectivity index (χ2n) is 6.51. The lowest BCUT2D eigenvalue weighted by molar-refractivity contribution is 0.552. The topological polar surface area (TPSA) is 28.2 Å². The number of pyridine rings is 1. The molecule has 112 valence electrons. The van der Waals surface area contributed by atoms with Crippen LogP contribution in [0.2, 0.25) is 5.02 Å². The zero-order valence-electron chi connectivity index (χ0n) is 13.0. The molecule has 0 aromatic carbocycles. The van der Waals surface area contributed by atoms with E-state index in [9.17, 15) is 0 Å². The van der Waals surface area contributed by atoms with Crippen LogP contribution in [0.3, 0.4) is 0 Å². The molecule has 2 atom stereocenters. The van der Waals surface area contributed by atoms with Crippen molar-refractivity contribution in [1.29, 1.82) is 0 Å². The molecular formula is C16H26ClN3. The van der Waals surface area contributed by atoms with E-state index in [1.165, 1.54) is 6.42 Å². The number of rotatable bonds is 7. The molecule has 2 rings (SSSR count). The summed E-state index contributed by atoms with van der Waals surface area (Å²) < 4.78 is 0. The molecule has 1 aromatic heterocycles. The molecule has 20 heavy (non-hydrogen) atoms. The predicted octanol–water partition coefficient (Wildman–Crippen LogP) is 3.57. The summed E-state index contributed by atoms with van der Waals surface area (Å²) in [5.74, 6) is 3.38. The van der Waals surface area contributed by atoms with Crippen LogP contribution in [0.25, 0.3) is 0 Å². The summed E-state index contributed by atoms with van der Waals surface area (Å²) in [5.41, 5.74) is 1.13. The number of hydrogen-bond donors (Lipinski definition) is 1. The van der Waals surface area contributed by atoms with Gasteiger partial charge in [-0.3, -0.25) is 0 Å². The fourth-order valence-corrected chi connectivity index (χ4v) is 2.58. The van der Waals surface area contributed by atoms with E-state index < -0.39 is 0 Å². The average molecular weight is 296 g/mol. The van der Waals surface area contributed by atoms with Gasteiger partial charge in [0, 0.05) is 26.3 Å². The quantitative estimate of drug-likeness (QED) is 0.833. The first-order chi connectivity index (χ1) is 9.47. The number of nitrogens with zero attached hydrogens (tertiary/aromatic N) is 2. The second kappa shape index (κ2) is 6.77. The summed E-state index contributed by atoms with van der Waals surface area (Å²) in [5, 5.41) is 4.19. The minimum Gasteiger partial charge on any atom is -0.359 e. The monoisotopic (exact) mass is 295 g/mol. The second-order valence-corrected chi connectivity index (χ2v) is 6.92. The number of halogens is 1. The van der Waals surface area contributed by atoms with Gasteiger partial charge in [-0.1, -0.05) is 32.4 Å². The molecule has 1 aliphatic rings. The Morgan fingerprint density at radius 3 is 2.80 bits per heavy atom. The molecule has 1 heterocycles. The molecule has 1 aromatic rings. The maximum Gasteiger partial charge on any atom is 0.128 e. The summed E-state index contributed by atoms with van der Waals surface area (Å²) in [4.78, 5) is 6.70. The lowest BCUT2D eigenvalue weighted by atomic mass is 10.2. The lowest BCUT2D eigenvalue weighted by Crippen LogP contribution is -2.23. The Morgan fingerprint density at radius 1 is 1.50 bits per heavy atom. The Labute approximate surface area is 127 Å². The highest BCUT2D eigenvalue weighted by atomic mass is 35.5. The van der Waals surface area contributed by atoms with Crippen LogP contribution in [0, 0.1) is 17.8 Å². The maximum absolute atomic E-state index is 6.24. The van der Waals surface area contributed by atoms with Gasteiger partial charge in [0.05, 0.1) is 5.02 Å². The van der Waals surface area contributed by atoms with Crippen molar-refractivity contribution in [3.63, 3.8) is 0 Å². The van der Waals surface area contributed by atoms with Gasteiger partial charge >= 0.3 is 0 Å². The van der Waals surface area contributed by atoms with Crippen LogP contribution in [0.1, 0.15) is 32.8 Å². The van der Waals surface area contributed by atoms with Crippen LogP contribution in [0.5, 0.6) is 0 Å². The molecule has 1 N–H and O–H groups in total. The molecule has 0 bridgehead atoms. The highest BCUT2D eigenvalue weighted by Gasteiger charge is 2.33. The first-order valence-electron chi connectivity index (χ1n) is 7.53. The van der Waals surface area contributed by atoms with Crippen molar-refractivity contribution < 1.29 is 0 Å². The van der Waals surface area contributed by atoms with Gasteiger partial charge < -0.3 is 10.2 Å². The van der Waals surface area contributed by atoms with Crippen LogP contribution < -0.4 is 10.2 Å². The first kappa shape index (κ1) is 15.6. The smallest absolute Gasteiger partial charge is 0.128 e. The third-order valence-corrected chi connectivity index (χ3v) is 4.30. The van der Waals surface area contributed by atoms with E-state index in [4.69, 9.17) is 11.6 Å². The van der Waals surface area contributed by atoms with Crippen molar-refractivity contribution in [3.05, 3.63) is 22.8 Å². The number of nitrogens with one attached hydrogen (secondary N) is 1. The van der Waals surface area contributed by atoms with Gasteiger partial charge in [-0.15, -0.1) is 0 Å². The van der Waals surface area contributed by atoms with Crippen molar-refractivity contribution in [2.75, 3.05) is 25.0 Å². The zero-order valence-corrected chi connectivity index (χ0v) is 13.7. The summed E-state index contributed by atoms with van der Waals surface area (Å²) >= 11 is 6.24. The fraction of sp³-hybridized carbons (Fsp3) is 0.688. The van der Waals surface area contributed by atoms with Gasteiger partial charge in [-0.2, -0.15) is 0 Å². The van der Waals surface area contributed by atoms with Gasteiger partial charge in [-0.25, -0.2) is 4.98 Å². The largest absolute Gasteiger partial charge is 0.359 e. The molecule has 4 heteroatoms.